The smallest absolute Gasteiger partial charge is 0.325 e. The predicted molar refractivity (Wildman–Crippen MR) is 74.3 cm³/mol. The maximum Gasteiger partial charge on any atom is 0.325 e. The number of amides is 1. The number of hydrogen-bond acceptors (Lipinski definition) is 4. The van der Waals surface area contributed by atoms with Crippen molar-refractivity contribution < 1.29 is 19.1 Å². The largest absolute Gasteiger partial charge is 0.496 e. The van der Waals surface area contributed by atoms with Crippen LogP contribution < -0.4 is 4.74 Å². The van der Waals surface area contributed by atoms with E-state index < -0.39 is 5.97 Å². The summed E-state index contributed by atoms with van der Waals surface area (Å²) < 4.78 is 10.8. The lowest BCUT2D eigenvalue weighted by Gasteiger charge is -2.17. The molecule has 1 aromatic rings. The molecule has 0 radical (unpaired) electrons. The minimum absolute atomic E-state index is 0.0914. The summed E-state index contributed by atoms with van der Waals surface area (Å²) in [5.74, 6) is -0.276. The molecule has 19 heavy (non-hydrogen) atoms. The van der Waals surface area contributed by atoms with E-state index in [0.29, 0.717) is 17.9 Å². The molecule has 0 unspecified atom stereocenters. The SMILES string of the molecule is CCOC(=O)CN(C)C(=O)c1ccc(Br)cc1OC. The molecule has 0 N–H and O–H groups in total. The lowest BCUT2D eigenvalue weighted by atomic mass is 10.2. The zero-order valence-electron chi connectivity index (χ0n) is 11.1. The Morgan fingerprint density at radius 3 is 2.63 bits per heavy atom. The quantitative estimate of drug-likeness (QED) is 0.776. The number of methoxy groups -OCH3 is 1. The van der Waals surface area contributed by atoms with E-state index in [-0.39, 0.29) is 12.5 Å². The zero-order chi connectivity index (χ0) is 14.4. The number of likely N-dealkylation sites (N-methyl/N-ethyl adjacent to an activating group) is 1. The average molecular weight is 330 g/mol. The van der Waals surface area contributed by atoms with Gasteiger partial charge in [0.25, 0.3) is 5.91 Å². The van der Waals surface area contributed by atoms with Crippen molar-refractivity contribution in [1.29, 1.82) is 0 Å². The highest BCUT2D eigenvalue weighted by Crippen LogP contribution is 2.24. The van der Waals surface area contributed by atoms with E-state index in [1.54, 1.807) is 32.2 Å². The van der Waals surface area contributed by atoms with Gasteiger partial charge >= 0.3 is 5.97 Å². The fourth-order valence-corrected chi connectivity index (χ4v) is 1.86. The second-order valence-corrected chi connectivity index (χ2v) is 4.73. The minimum Gasteiger partial charge on any atom is -0.496 e. The molecule has 1 amide bonds. The number of rotatable bonds is 5. The molecule has 0 heterocycles. The standard InChI is InChI=1S/C13H16BrNO4/c1-4-19-12(16)8-15(2)13(17)10-6-5-9(14)7-11(10)18-3/h5-7H,4,8H2,1-3H3. The van der Waals surface area contributed by atoms with E-state index in [1.165, 1.54) is 12.0 Å². The summed E-state index contributed by atoms with van der Waals surface area (Å²) in [4.78, 5) is 24.8. The monoisotopic (exact) mass is 329 g/mol. The molecule has 0 bridgehead atoms. The van der Waals surface area contributed by atoms with Gasteiger partial charge in [-0.15, -0.1) is 0 Å². The van der Waals surface area contributed by atoms with E-state index in [2.05, 4.69) is 15.9 Å². The van der Waals surface area contributed by atoms with Crippen molar-refractivity contribution in [1.82, 2.24) is 4.90 Å². The number of carbonyl (C=O) groups is 2. The highest BCUT2D eigenvalue weighted by molar-refractivity contribution is 9.10. The summed E-state index contributed by atoms with van der Waals surface area (Å²) in [6.07, 6.45) is 0. The van der Waals surface area contributed by atoms with Crippen LogP contribution in [0.15, 0.2) is 22.7 Å². The first-order valence-corrected chi connectivity index (χ1v) is 6.53. The van der Waals surface area contributed by atoms with Crippen LogP contribution in [-0.4, -0.2) is 44.1 Å². The molecule has 0 fully saturated rings. The number of hydrogen-bond donors (Lipinski definition) is 0. The molecule has 0 saturated heterocycles. The Morgan fingerprint density at radius 2 is 2.05 bits per heavy atom. The number of carbonyl (C=O) groups excluding carboxylic acids is 2. The van der Waals surface area contributed by atoms with Gasteiger partial charge in [-0.05, 0) is 25.1 Å². The molecule has 0 spiro atoms. The van der Waals surface area contributed by atoms with Crippen LogP contribution in [0.3, 0.4) is 0 Å². The van der Waals surface area contributed by atoms with Crippen LogP contribution in [0.5, 0.6) is 5.75 Å². The molecule has 0 saturated carbocycles. The molecular formula is C13H16BrNO4. The second kappa shape index (κ2) is 7.13. The van der Waals surface area contributed by atoms with Gasteiger partial charge in [-0.2, -0.15) is 0 Å². The van der Waals surface area contributed by atoms with Crippen LogP contribution in [0.25, 0.3) is 0 Å². The molecule has 6 heteroatoms. The van der Waals surface area contributed by atoms with Gasteiger partial charge in [0.1, 0.15) is 12.3 Å². The topological polar surface area (TPSA) is 55.8 Å². The number of esters is 1. The maximum absolute atomic E-state index is 12.2. The van der Waals surface area contributed by atoms with Crippen molar-refractivity contribution >= 4 is 27.8 Å². The zero-order valence-corrected chi connectivity index (χ0v) is 12.7. The van der Waals surface area contributed by atoms with Crippen LogP contribution >= 0.6 is 15.9 Å². The van der Waals surface area contributed by atoms with E-state index in [0.717, 1.165) is 4.47 Å². The number of halogens is 1. The summed E-state index contributed by atoms with van der Waals surface area (Å²) in [6, 6.07) is 5.09. The second-order valence-electron chi connectivity index (χ2n) is 3.81. The summed E-state index contributed by atoms with van der Waals surface area (Å²) in [5, 5.41) is 0. The molecule has 0 aliphatic rings. The number of benzene rings is 1. The van der Waals surface area contributed by atoms with Crippen LogP contribution in [0.1, 0.15) is 17.3 Å². The number of ether oxygens (including phenoxy) is 2. The molecule has 0 atom stereocenters. The molecule has 5 nitrogen and oxygen atoms in total. The van der Waals surface area contributed by atoms with Crippen molar-refractivity contribution in [2.45, 2.75) is 6.92 Å². The summed E-state index contributed by atoms with van der Waals surface area (Å²) in [6.45, 7) is 1.92. The average Bonchev–Trinajstić information content (AvgIpc) is 2.37. The normalized spacial score (nSPS) is 9.89. The Morgan fingerprint density at radius 1 is 1.37 bits per heavy atom. The minimum atomic E-state index is -0.436. The Kier molecular flexibility index (Phi) is 5.82. The van der Waals surface area contributed by atoms with Crippen LogP contribution in [0.2, 0.25) is 0 Å². The Bertz CT molecular complexity index is 476. The maximum atomic E-state index is 12.2. The van der Waals surface area contributed by atoms with Crippen molar-refractivity contribution in [2.75, 3.05) is 27.3 Å². The van der Waals surface area contributed by atoms with Gasteiger partial charge in [0.15, 0.2) is 0 Å². The van der Waals surface area contributed by atoms with Gasteiger partial charge in [0, 0.05) is 11.5 Å². The van der Waals surface area contributed by atoms with Gasteiger partial charge in [-0.25, -0.2) is 0 Å². The van der Waals surface area contributed by atoms with Crippen LogP contribution in [-0.2, 0) is 9.53 Å². The summed E-state index contributed by atoms with van der Waals surface area (Å²) in [5.41, 5.74) is 0.400. The van der Waals surface area contributed by atoms with Crippen LogP contribution in [0, 0.1) is 0 Å². The van der Waals surface area contributed by atoms with Crippen molar-refractivity contribution in [3.8, 4) is 5.75 Å². The van der Waals surface area contributed by atoms with Gasteiger partial charge in [0.2, 0.25) is 0 Å². The summed E-state index contributed by atoms with van der Waals surface area (Å²) in [7, 11) is 3.03. The third kappa shape index (κ3) is 4.24. The third-order valence-electron chi connectivity index (χ3n) is 2.41. The Hall–Kier alpha value is -1.56. The Balaban J connectivity index is 2.85. The van der Waals surface area contributed by atoms with E-state index in [4.69, 9.17) is 9.47 Å². The molecular weight excluding hydrogens is 314 g/mol. The fraction of sp³-hybridized carbons (Fsp3) is 0.385. The molecule has 104 valence electrons. The van der Waals surface area contributed by atoms with Gasteiger partial charge in [0.05, 0.1) is 19.3 Å². The lowest BCUT2D eigenvalue weighted by molar-refractivity contribution is -0.143. The van der Waals surface area contributed by atoms with Crippen molar-refractivity contribution in [3.05, 3.63) is 28.2 Å². The van der Waals surface area contributed by atoms with Gasteiger partial charge in [-0.3, -0.25) is 9.59 Å². The number of nitrogens with zero attached hydrogens (tertiary/aromatic N) is 1. The van der Waals surface area contributed by atoms with E-state index >= 15 is 0 Å². The highest BCUT2D eigenvalue weighted by Gasteiger charge is 2.19. The first-order valence-electron chi connectivity index (χ1n) is 5.74. The molecule has 0 aromatic heterocycles. The molecule has 0 aliphatic heterocycles. The third-order valence-corrected chi connectivity index (χ3v) is 2.91. The first kappa shape index (κ1) is 15.5. The van der Waals surface area contributed by atoms with Crippen LogP contribution in [0.4, 0.5) is 0 Å². The highest BCUT2D eigenvalue weighted by atomic mass is 79.9. The lowest BCUT2D eigenvalue weighted by Crippen LogP contribution is -2.33. The van der Waals surface area contributed by atoms with Gasteiger partial charge < -0.3 is 14.4 Å². The van der Waals surface area contributed by atoms with E-state index in [9.17, 15) is 9.59 Å². The molecule has 1 aromatic carbocycles. The van der Waals surface area contributed by atoms with E-state index in [1.807, 2.05) is 0 Å². The molecule has 1 rings (SSSR count). The fourth-order valence-electron chi connectivity index (χ4n) is 1.52. The predicted octanol–water partition coefficient (Wildman–Crippen LogP) is 2.09. The van der Waals surface area contributed by atoms with Crippen molar-refractivity contribution in [2.24, 2.45) is 0 Å². The molecule has 0 aliphatic carbocycles. The first-order chi connectivity index (χ1) is 8.99. The van der Waals surface area contributed by atoms with Crippen molar-refractivity contribution in [3.63, 3.8) is 0 Å². The Labute approximate surface area is 120 Å². The van der Waals surface area contributed by atoms with Gasteiger partial charge in [-0.1, -0.05) is 15.9 Å². The summed E-state index contributed by atoms with van der Waals surface area (Å²) >= 11 is 3.31.